The minimum Gasteiger partial charge on any atom is -0.478 e. The molecule has 1 rings (SSSR count). The van der Waals surface area contributed by atoms with E-state index in [0.29, 0.717) is 6.04 Å². The highest BCUT2D eigenvalue weighted by atomic mass is 16.4. The molecule has 12 heavy (non-hydrogen) atoms. The van der Waals surface area contributed by atoms with E-state index in [9.17, 15) is 4.79 Å². The SMILES string of the molecule is CN1CCCCC1/C=C/C(=O)O. The summed E-state index contributed by atoms with van der Waals surface area (Å²) in [7, 11) is 2.04. The summed E-state index contributed by atoms with van der Waals surface area (Å²) in [5.74, 6) is -0.853. The predicted molar refractivity (Wildman–Crippen MR) is 47.0 cm³/mol. The molecule has 0 aromatic heterocycles. The fourth-order valence-electron chi connectivity index (χ4n) is 1.54. The van der Waals surface area contributed by atoms with Gasteiger partial charge >= 0.3 is 5.97 Å². The van der Waals surface area contributed by atoms with Gasteiger partial charge in [0.15, 0.2) is 0 Å². The third-order valence-electron chi connectivity index (χ3n) is 2.29. The second kappa shape index (κ2) is 4.26. The van der Waals surface area contributed by atoms with Crippen molar-refractivity contribution in [1.82, 2.24) is 4.90 Å². The minimum absolute atomic E-state index is 0.329. The molecule has 0 aliphatic carbocycles. The van der Waals surface area contributed by atoms with Gasteiger partial charge in [-0.25, -0.2) is 4.79 Å². The molecule has 1 aliphatic rings. The van der Waals surface area contributed by atoms with Crippen LogP contribution in [-0.4, -0.2) is 35.6 Å². The van der Waals surface area contributed by atoms with Gasteiger partial charge in [-0.2, -0.15) is 0 Å². The molecule has 1 aliphatic heterocycles. The topological polar surface area (TPSA) is 40.5 Å². The van der Waals surface area contributed by atoms with Gasteiger partial charge in [0.1, 0.15) is 0 Å². The molecular weight excluding hydrogens is 154 g/mol. The van der Waals surface area contributed by atoms with E-state index in [1.165, 1.54) is 18.9 Å². The van der Waals surface area contributed by atoms with E-state index < -0.39 is 5.97 Å². The standard InChI is InChI=1S/C9H15NO2/c1-10-7-3-2-4-8(10)5-6-9(11)12/h5-6,8H,2-4,7H2,1H3,(H,11,12)/b6-5+. The van der Waals surface area contributed by atoms with Gasteiger partial charge in [0.05, 0.1) is 0 Å². The van der Waals surface area contributed by atoms with E-state index in [-0.39, 0.29) is 0 Å². The van der Waals surface area contributed by atoms with E-state index in [1.54, 1.807) is 6.08 Å². The Bertz CT molecular complexity index is 189. The maximum absolute atomic E-state index is 10.2. The Balaban J connectivity index is 2.43. The van der Waals surface area contributed by atoms with Crippen LogP contribution in [0, 0.1) is 0 Å². The van der Waals surface area contributed by atoms with Gasteiger partial charge in [-0.1, -0.05) is 12.5 Å². The molecule has 0 aromatic carbocycles. The zero-order valence-electron chi connectivity index (χ0n) is 7.36. The zero-order valence-corrected chi connectivity index (χ0v) is 7.36. The Morgan fingerprint density at radius 1 is 1.58 bits per heavy atom. The number of rotatable bonds is 2. The Kier molecular flexibility index (Phi) is 3.29. The number of hydrogen-bond donors (Lipinski definition) is 1. The smallest absolute Gasteiger partial charge is 0.328 e. The van der Waals surface area contributed by atoms with Crippen molar-refractivity contribution < 1.29 is 9.90 Å². The summed E-state index contributed by atoms with van der Waals surface area (Å²) < 4.78 is 0. The number of likely N-dealkylation sites (tertiary alicyclic amines) is 1. The summed E-state index contributed by atoms with van der Waals surface area (Å²) in [5, 5.41) is 8.43. The van der Waals surface area contributed by atoms with Crippen LogP contribution >= 0.6 is 0 Å². The summed E-state index contributed by atoms with van der Waals surface area (Å²) in [5.41, 5.74) is 0. The minimum atomic E-state index is -0.853. The van der Waals surface area contributed by atoms with Gasteiger partial charge in [0.2, 0.25) is 0 Å². The average molecular weight is 169 g/mol. The first-order chi connectivity index (χ1) is 5.70. The van der Waals surface area contributed by atoms with E-state index in [2.05, 4.69) is 4.90 Å². The monoisotopic (exact) mass is 169 g/mol. The molecule has 68 valence electrons. The fraction of sp³-hybridized carbons (Fsp3) is 0.667. The normalized spacial score (nSPS) is 26.2. The summed E-state index contributed by atoms with van der Waals surface area (Å²) >= 11 is 0. The zero-order chi connectivity index (χ0) is 8.97. The van der Waals surface area contributed by atoms with Crippen LogP contribution in [0.5, 0.6) is 0 Å². The van der Waals surface area contributed by atoms with Crippen LogP contribution in [0.2, 0.25) is 0 Å². The number of piperidine rings is 1. The van der Waals surface area contributed by atoms with Crippen LogP contribution < -0.4 is 0 Å². The summed E-state index contributed by atoms with van der Waals surface area (Å²) in [6.45, 7) is 1.08. The lowest BCUT2D eigenvalue weighted by Crippen LogP contribution is -2.34. The molecule has 0 amide bonds. The number of nitrogens with zero attached hydrogens (tertiary/aromatic N) is 1. The van der Waals surface area contributed by atoms with Gasteiger partial charge in [0.25, 0.3) is 0 Å². The maximum Gasteiger partial charge on any atom is 0.328 e. The molecule has 0 spiro atoms. The molecule has 1 N–H and O–H groups in total. The fourth-order valence-corrected chi connectivity index (χ4v) is 1.54. The summed E-state index contributed by atoms with van der Waals surface area (Å²) in [4.78, 5) is 12.4. The first-order valence-corrected chi connectivity index (χ1v) is 4.31. The molecule has 1 atom stereocenters. The molecule has 0 radical (unpaired) electrons. The van der Waals surface area contributed by atoms with Crippen molar-refractivity contribution in [3.8, 4) is 0 Å². The van der Waals surface area contributed by atoms with Gasteiger partial charge in [0, 0.05) is 12.1 Å². The van der Waals surface area contributed by atoms with Crippen LogP contribution in [0.3, 0.4) is 0 Å². The Morgan fingerprint density at radius 2 is 2.33 bits per heavy atom. The van der Waals surface area contributed by atoms with E-state index in [4.69, 9.17) is 5.11 Å². The number of carboxylic acid groups (broad SMARTS) is 1. The van der Waals surface area contributed by atoms with Crippen LogP contribution in [0.4, 0.5) is 0 Å². The number of carbonyl (C=O) groups is 1. The lowest BCUT2D eigenvalue weighted by atomic mass is 10.0. The average Bonchev–Trinajstić information content (AvgIpc) is 2.03. The van der Waals surface area contributed by atoms with E-state index >= 15 is 0 Å². The van der Waals surface area contributed by atoms with Crippen molar-refractivity contribution in [3.63, 3.8) is 0 Å². The molecule has 0 saturated carbocycles. The first kappa shape index (κ1) is 9.26. The lowest BCUT2D eigenvalue weighted by Gasteiger charge is -2.29. The molecule has 3 nitrogen and oxygen atoms in total. The van der Waals surface area contributed by atoms with Crippen molar-refractivity contribution in [1.29, 1.82) is 0 Å². The lowest BCUT2D eigenvalue weighted by molar-refractivity contribution is -0.131. The number of carboxylic acids is 1. The van der Waals surface area contributed by atoms with Crippen molar-refractivity contribution >= 4 is 5.97 Å². The summed E-state index contributed by atoms with van der Waals surface area (Å²) in [6, 6.07) is 0.329. The number of hydrogen-bond acceptors (Lipinski definition) is 2. The van der Waals surface area contributed by atoms with E-state index in [1.807, 2.05) is 7.05 Å². The van der Waals surface area contributed by atoms with E-state index in [0.717, 1.165) is 13.0 Å². The van der Waals surface area contributed by atoms with Crippen molar-refractivity contribution in [2.75, 3.05) is 13.6 Å². The Morgan fingerprint density at radius 3 is 2.92 bits per heavy atom. The maximum atomic E-state index is 10.2. The largest absolute Gasteiger partial charge is 0.478 e. The third-order valence-corrected chi connectivity index (χ3v) is 2.29. The Labute approximate surface area is 72.7 Å². The molecule has 1 heterocycles. The molecule has 0 aromatic rings. The first-order valence-electron chi connectivity index (χ1n) is 4.31. The molecule has 0 bridgehead atoms. The highest BCUT2D eigenvalue weighted by Crippen LogP contribution is 2.15. The van der Waals surface area contributed by atoms with Crippen LogP contribution in [-0.2, 0) is 4.79 Å². The molecule has 1 unspecified atom stereocenters. The second-order valence-corrected chi connectivity index (χ2v) is 3.24. The number of aliphatic carboxylic acids is 1. The summed E-state index contributed by atoms with van der Waals surface area (Å²) in [6.07, 6.45) is 6.54. The van der Waals surface area contributed by atoms with Gasteiger partial charge in [-0.05, 0) is 26.4 Å². The predicted octanol–water partition coefficient (Wildman–Crippen LogP) is 1.11. The van der Waals surface area contributed by atoms with Crippen LogP contribution in [0.1, 0.15) is 19.3 Å². The second-order valence-electron chi connectivity index (χ2n) is 3.24. The molecular formula is C9H15NO2. The quantitative estimate of drug-likeness (QED) is 0.629. The van der Waals surface area contributed by atoms with Crippen LogP contribution in [0.15, 0.2) is 12.2 Å². The highest BCUT2D eigenvalue weighted by molar-refractivity contribution is 5.79. The molecule has 3 heteroatoms. The Hall–Kier alpha value is -0.830. The third kappa shape index (κ3) is 2.66. The van der Waals surface area contributed by atoms with Gasteiger partial charge in [-0.15, -0.1) is 0 Å². The van der Waals surface area contributed by atoms with Crippen molar-refractivity contribution in [2.45, 2.75) is 25.3 Å². The number of likely N-dealkylation sites (N-methyl/N-ethyl adjacent to an activating group) is 1. The van der Waals surface area contributed by atoms with Crippen LogP contribution in [0.25, 0.3) is 0 Å². The highest BCUT2D eigenvalue weighted by Gasteiger charge is 2.15. The van der Waals surface area contributed by atoms with Crippen molar-refractivity contribution in [3.05, 3.63) is 12.2 Å². The van der Waals surface area contributed by atoms with Gasteiger partial charge < -0.3 is 5.11 Å². The molecule has 1 fully saturated rings. The van der Waals surface area contributed by atoms with Gasteiger partial charge in [-0.3, -0.25) is 4.90 Å². The van der Waals surface area contributed by atoms with Crippen molar-refractivity contribution in [2.24, 2.45) is 0 Å². The molecule has 1 saturated heterocycles.